The third-order valence-electron chi connectivity index (χ3n) is 4.32. The number of aliphatic hydroxyl groups is 1. The number of rotatable bonds is 1. The van der Waals surface area contributed by atoms with Crippen molar-refractivity contribution < 1.29 is 5.11 Å². The molecule has 0 saturated heterocycles. The van der Waals surface area contributed by atoms with Crippen LogP contribution in [0, 0.1) is 5.92 Å². The highest BCUT2D eigenvalue weighted by Crippen LogP contribution is 2.43. The molecule has 3 rings (SSSR count). The highest BCUT2D eigenvalue weighted by atomic mass is 16.3. The second-order valence-corrected chi connectivity index (χ2v) is 5.32. The number of fused-ring (bicyclic) bond motifs is 1. The molecule has 1 heterocycles. The summed E-state index contributed by atoms with van der Waals surface area (Å²) in [7, 11) is 0. The number of hydrogen-bond acceptors (Lipinski definition) is 1. The van der Waals surface area contributed by atoms with Crippen LogP contribution in [0.15, 0.2) is 30.5 Å². The molecule has 17 heavy (non-hydrogen) atoms. The molecule has 2 unspecified atom stereocenters. The second kappa shape index (κ2) is 3.88. The van der Waals surface area contributed by atoms with Gasteiger partial charge in [0.15, 0.2) is 0 Å². The van der Waals surface area contributed by atoms with Gasteiger partial charge >= 0.3 is 0 Å². The van der Waals surface area contributed by atoms with E-state index in [1.165, 1.54) is 11.8 Å². The fourth-order valence-corrected chi connectivity index (χ4v) is 3.19. The summed E-state index contributed by atoms with van der Waals surface area (Å²) in [5.41, 5.74) is 1.58. The van der Waals surface area contributed by atoms with E-state index in [0.29, 0.717) is 5.92 Å². The minimum absolute atomic E-state index is 0.344. The molecule has 90 valence electrons. The highest BCUT2D eigenvalue weighted by Gasteiger charge is 2.38. The molecule has 2 heteroatoms. The van der Waals surface area contributed by atoms with E-state index in [4.69, 9.17) is 0 Å². The van der Waals surface area contributed by atoms with Crippen molar-refractivity contribution in [2.24, 2.45) is 5.92 Å². The van der Waals surface area contributed by atoms with Crippen LogP contribution in [-0.2, 0) is 5.60 Å². The monoisotopic (exact) mass is 229 g/mol. The zero-order chi connectivity index (χ0) is 11.9. The Morgan fingerprint density at radius 2 is 2.18 bits per heavy atom. The van der Waals surface area contributed by atoms with Crippen molar-refractivity contribution in [3.8, 4) is 0 Å². The molecular formula is C15H19NO. The summed E-state index contributed by atoms with van der Waals surface area (Å²) in [6.45, 7) is 2.17. The van der Waals surface area contributed by atoms with Crippen molar-refractivity contribution >= 4 is 10.9 Å². The number of benzene rings is 1. The molecule has 1 aliphatic rings. The van der Waals surface area contributed by atoms with Crippen molar-refractivity contribution in [2.75, 3.05) is 0 Å². The molecule has 0 radical (unpaired) electrons. The third-order valence-corrected chi connectivity index (χ3v) is 4.32. The van der Waals surface area contributed by atoms with Crippen molar-refractivity contribution in [3.05, 3.63) is 36.0 Å². The average Bonchev–Trinajstić information content (AvgIpc) is 2.81. The summed E-state index contributed by atoms with van der Waals surface area (Å²) in [6, 6.07) is 8.26. The molecule has 2 aromatic rings. The molecular weight excluding hydrogens is 210 g/mol. The number of aromatic amines is 1. The quantitative estimate of drug-likeness (QED) is 0.770. The predicted molar refractivity (Wildman–Crippen MR) is 69.8 cm³/mol. The number of nitrogens with one attached hydrogen (secondary N) is 1. The lowest BCUT2D eigenvalue weighted by atomic mass is 9.71. The molecule has 1 aromatic carbocycles. The lowest BCUT2D eigenvalue weighted by molar-refractivity contribution is -0.0456. The van der Waals surface area contributed by atoms with E-state index in [2.05, 4.69) is 30.1 Å². The van der Waals surface area contributed by atoms with Crippen LogP contribution >= 0.6 is 0 Å². The van der Waals surface area contributed by atoms with E-state index in [9.17, 15) is 5.11 Å². The Bertz CT molecular complexity index is 530. The Hall–Kier alpha value is -1.28. The molecule has 2 nitrogen and oxygen atoms in total. The van der Waals surface area contributed by atoms with Crippen LogP contribution in [0.3, 0.4) is 0 Å². The lowest BCUT2D eigenvalue weighted by Crippen LogP contribution is -2.36. The van der Waals surface area contributed by atoms with E-state index in [-0.39, 0.29) is 0 Å². The van der Waals surface area contributed by atoms with Crippen LogP contribution < -0.4 is 0 Å². The van der Waals surface area contributed by atoms with Gasteiger partial charge < -0.3 is 10.1 Å². The number of aromatic nitrogens is 1. The van der Waals surface area contributed by atoms with Gasteiger partial charge in [0, 0.05) is 17.1 Å². The normalized spacial score (nSPS) is 29.6. The van der Waals surface area contributed by atoms with Gasteiger partial charge in [0.1, 0.15) is 0 Å². The fourth-order valence-electron chi connectivity index (χ4n) is 3.19. The maximum Gasteiger partial charge on any atom is 0.0928 e. The molecule has 1 aromatic heterocycles. The van der Waals surface area contributed by atoms with E-state index >= 15 is 0 Å². The maximum atomic E-state index is 11.0. The Labute approximate surface area is 102 Å². The van der Waals surface area contributed by atoms with Gasteiger partial charge in [-0.25, -0.2) is 0 Å². The zero-order valence-electron chi connectivity index (χ0n) is 10.2. The van der Waals surface area contributed by atoms with Gasteiger partial charge in [0.25, 0.3) is 0 Å². The Balaban J connectivity index is 2.16. The minimum atomic E-state index is -0.639. The summed E-state index contributed by atoms with van der Waals surface area (Å²) >= 11 is 0. The Kier molecular flexibility index (Phi) is 2.48. The lowest BCUT2D eigenvalue weighted by Gasteiger charge is -2.39. The summed E-state index contributed by atoms with van der Waals surface area (Å²) in [5, 5.41) is 12.2. The summed E-state index contributed by atoms with van der Waals surface area (Å²) < 4.78 is 0. The molecule has 1 fully saturated rings. The predicted octanol–water partition coefficient (Wildman–Crippen LogP) is 3.57. The molecule has 1 saturated carbocycles. The third kappa shape index (κ3) is 1.59. The Morgan fingerprint density at radius 1 is 1.29 bits per heavy atom. The summed E-state index contributed by atoms with van der Waals surface area (Å²) in [5.74, 6) is 0.344. The van der Waals surface area contributed by atoms with E-state index in [0.717, 1.165) is 30.3 Å². The van der Waals surface area contributed by atoms with Gasteiger partial charge in [-0.2, -0.15) is 0 Å². The van der Waals surface area contributed by atoms with Crippen LogP contribution in [0.4, 0.5) is 0 Å². The van der Waals surface area contributed by atoms with Gasteiger partial charge in [-0.05, 0) is 36.5 Å². The first kappa shape index (κ1) is 10.8. The van der Waals surface area contributed by atoms with Crippen LogP contribution in [0.5, 0.6) is 0 Å². The summed E-state index contributed by atoms with van der Waals surface area (Å²) in [4.78, 5) is 3.22. The maximum absolute atomic E-state index is 11.0. The van der Waals surface area contributed by atoms with Crippen molar-refractivity contribution in [3.63, 3.8) is 0 Å². The molecule has 0 amide bonds. The van der Waals surface area contributed by atoms with Crippen LogP contribution in [0.25, 0.3) is 10.9 Å². The average molecular weight is 229 g/mol. The van der Waals surface area contributed by atoms with Crippen molar-refractivity contribution in [2.45, 2.75) is 38.2 Å². The Morgan fingerprint density at radius 3 is 3.00 bits per heavy atom. The smallest absolute Gasteiger partial charge is 0.0928 e. The number of hydrogen-bond donors (Lipinski definition) is 2. The van der Waals surface area contributed by atoms with E-state index in [1.54, 1.807) is 0 Å². The second-order valence-electron chi connectivity index (χ2n) is 5.32. The largest absolute Gasteiger partial charge is 0.385 e. The zero-order valence-corrected chi connectivity index (χ0v) is 10.2. The molecule has 1 aliphatic carbocycles. The van der Waals surface area contributed by atoms with Gasteiger partial charge in [-0.1, -0.05) is 31.9 Å². The first-order valence-electron chi connectivity index (χ1n) is 6.51. The van der Waals surface area contributed by atoms with Gasteiger partial charge in [-0.3, -0.25) is 0 Å². The fraction of sp³-hybridized carbons (Fsp3) is 0.467. The molecule has 0 spiro atoms. The highest BCUT2D eigenvalue weighted by molar-refractivity contribution is 5.83. The van der Waals surface area contributed by atoms with Crippen molar-refractivity contribution in [1.29, 1.82) is 0 Å². The summed E-state index contributed by atoms with van der Waals surface area (Å²) in [6.07, 6.45) is 6.33. The van der Waals surface area contributed by atoms with E-state index < -0.39 is 5.60 Å². The van der Waals surface area contributed by atoms with Crippen molar-refractivity contribution in [1.82, 2.24) is 4.98 Å². The molecule has 0 bridgehead atoms. The van der Waals surface area contributed by atoms with E-state index in [1.807, 2.05) is 12.3 Å². The van der Waals surface area contributed by atoms with Crippen LogP contribution in [0.2, 0.25) is 0 Å². The van der Waals surface area contributed by atoms with Gasteiger partial charge in [0.05, 0.1) is 5.60 Å². The standard InChI is InChI=1S/C15H19NO/c1-11-5-2-3-9-15(11,17)13-6-4-7-14-12(13)8-10-16-14/h4,6-8,10-11,16-17H,2-3,5,9H2,1H3. The first-order valence-corrected chi connectivity index (χ1v) is 6.51. The van der Waals surface area contributed by atoms with Crippen LogP contribution in [0.1, 0.15) is 38.2 Å². The van der Waals surface area contributed by atoms with Gasteiger partial charge in [-0.15, -0.1) is 0 Å². The topological polar surface area (TPSA) is 36.0 Å². The SMILES string of the molecule is CC1CCCCC1(O)c1cccc2[nH]ccc12. The molecule has 2 N–H and O–H groups in total. The van der Waals surface area contributed by atoms with Crippen LogP contribution in [-0.4, -0.2) is 10.1 Å². The van der Waals surface area contributed by atoms with Gasteiger partial charge in [0.2, 0.25) is 0 Å². The molecule has 2 atom stereocenters. The first-order chi connectivity index (χ1) is 8.22. The minimum Gasteiger partial charge on any atom is -0.385 e. The molecule has 0 aliphatic heterocycles. The number of H-pyrrole nitrogens is 1.